The van der Waals surface area contributed by atoms with Gasteiger partial charge in [-0.1, -0.05) is 39.3 Å². The van der Waals surface area contributed by atoms with Gasteiger partial charge in [-0.25, -0.2) is 9.97 Å². The molecule has 0 radical (unpaired) electrons. The largest absolute Gasteiger partial charge is 0.337 e. The lowest BCUT2D eigenvalue weighted by Gasteiger charge is -2.19. The Morgan fingerprint density at radius 1 is 1.29 bits per heavy atom. The first-order valence-corrected chi connectivity index (χ1v) is 7.44. The molecule has 0 unspecified atom stereocenters. The smallest absolute Gasteiger partial charge is 0.138 e. The molecule has 0 bridgehead atoms. The van der Waals surface area contributed by atoms with Crippen molar-refractivity contribution >= 4 is 23.1 Å². The zero-order valence-electron chi connectivity index (χ0n) is 13.5. The van der Waals surface area contributed by atoms with Crippen LogP contribution < -0.4 is 5.32 Å². The number of nitrogens with one attached hydrogen (secondary N) is 1. The van der Waals surface area contributed by atoms with Crippen molar-refractivity contribution in [2.75, 3.05) is 5.32 Å². The van der Waals surface area contributed by atoms with Crippen LogP contribution in [0.25, 0.3) is 0 Å². The maximum absolute atomic E-state index is 6.26. The number of anilines is 2. The maximum atomic E-state index is 6.26. The third kappa shape index (κ3) is 3.35. The van der Waals surface area contributed by atoms with Crippen LogP contribution in [0, 0.1) is 6.92 Å². The predicted octanol–water partition coefficient (Wildman–Crippen LogP) is 3.78. The molecule has 0 aromatic carbocycles. The highest BCUT2D eigenvalue weighted by Gasteiger charge is 2.21. The highest BCUT2D eigenvalue weighted by Crippen LogP contribution is 2.28. The van der Waals surface area contributed by atoms with Crippen LogP contribution in [0.2, 0.25) is 5.15 Å². The molecule has 114 valence electrons. The standard InChI is InChI=1S/C15H22ClN5/c1-7-10-11(8-21(6)20-10)17-13-9(2)12(16)18-14(19-13)15(3,4)5/h8H,7H2,1-6H3,(H,17,18,19). The van der Waals surface area contributed by atoms with Gasteiger partial charge in [0.2, 0.25) is 0 Å². The lowest BCUT2D eigenvalue weighted by atomic mass is 9.95. The minimum atomic E-state index is -0.156. The molecule has 0 amide bonds. The van der Waals surface area contributed by atoms with E-state index in [1.165, 1.54) is 0 Å². The van der Waals surface area contributed by atoms with Gasteiger partial charge in [0.05, 0.1) is 11.4 Å². The van der Waals surface area contributed by atoms with E-state index in [-0.39, 0.29) is 5.41 Å². The Kier molecular flexibility index (Phi) is 4.23. The molecular formula is C15H22ClN5. The van der Waals surface area contributed by atoms with Gasteiger partial charge in [0.1, 0.15) is 16.8 Å². The first-order valence-electron chi connectivity index (χ1n) is 7.06. The number of halogens is 1. The van der Waals surface area contributed by atoms with Gasteiger partial charge in [-0.3, -0.25) is 4.68 Å². The van der Waals surface area contributed by atoms with Crippen molar-refractivity contribution in [2.24, 2.45) is 7.05 Å². The van der Waals surface area contributed by atoms with Crippen molar-refractivity contribution in [1.82, 2.24) is 19.7 Å². The summed E-state index contributed by atoms with van der Waals surface area (Å²) in [6.45, 7) is 10.2. The number of rotatable bonds is 3. The fourth-order valence-electron chi connectivity index (χ4n) is 1.97. The summed E-state index contributed by atoms with van der Waals surface area (Å²) < 4.78 is 1.80. The van der Waals surface area contributed by atoms with Crippen molar-refractivity contribution in [3.63, 3.8) is 0 Å². The summed E-state index contributed by atoms with van der Waals surface area (Å²) in [4.78, 5) is 9.03. The molecule has 21 heavy (non-hydrogen) atoms. The Labute approximate surface area is 130 Å². The third-order valence-corrected chi connectivity index (χ3v) is 3.62. The van der Waals surface area contributed by atoms with Gasteiger partial charge in [-0.05, 0) is 13.3 Å². The third-order valence-electron chi connectivity index (χ3n) is 3.25. The first kappa shape index (κ1) is 15.8. The quantitative estimate of drug-likeness (QED) is 0.877. The number of hydrogen-bond acceptors (Lipinski definition) is 4. The SMILES string of the molecule is CCc1nn(C)cc1Nc1nc(C(C)(C)C)nc(Cl)c1C. The average molecular weight is 308 g/mol. The molecule has 2 rings (SSSR count). The van der Waals surface area contributed by atoms with Crippen LogP contribution in [-0.4, -0.2) is 19.7 Å². The molecule has 0 fully saturated rings. The van der Waals surface area contributed by atoms with E-state index in [4.69, 9.17) is 11.6 Å². The predicted molar refractivity (Wildman–Crippen MR) is 86.3 cm³/mol. The summed E-state index contributed by atoms with van der Waals surface area (Å²) in [5.74, 6) is 1.46. The Morgan fingerprint density at radius 2 is 1.95 bits per heavy atom. The lowest BCUT2D eigenvalue weighted by molar-refractivity contribution is 0.545. The van der Waals surface area contributed by atoms with E-state index in [1.807, 2.05) is 20.2 Å². The normalized spacial score (nSPS) is 11.8. The molecule has 0 saturated carbocycles. The Morgan fingerprint density at radius 3 is 2.52 bits per heavy atom. The number of hydrogen-bond donors (Lipinski definition) is 1. The van der Waals surface area contributed by atoms with Gasteiger partial charge >= 0.3 is 0 Å². The molecule has 0 aliphatic carbocycles. The molecule has 6 heteroatoms. The van der Waals surface area contributed by atoms with Crippen LogP contribution in [0.5, 0.6) is 0 Å². The van der Waals surface area contributed by atoms with E-state index >= 15 is 0 Å². The molecule has 1 N–H and O–H groups in total. The van der Waals surface area contributed by atoms with Crippen molar-refractivity contribution in [2.45, 2.75) is 46.5 Å². The van der Waals surface area contributed by atoms with E-state index in [0.717, 1.165) is 35.0 Å². The molecule has 0 aliphatic heterocycles. The Bertz CT molecular complexity index is 655. The van der Waals surface area contributed by atoms with Crippen molar-refractivity contribution in [1.29, 1.82) is 0 Å². The van der Waals surface area contributed by atoms with Crippen LogP contribution in [0.15, 0.2) is 6.20 Å². The first-order chi connectivity index (χ1) is 9.72. The van der Waals surface area contributed by atoms with Gasteiger partial charge in [0.15, 0.2) is 0 Å². The van der Waals surface area contributed by atoms with Crippen molar-refractivity contribution < 1.29 is 0 Å². The van der Waals surface area contributed by atoms with E-state index in [2.05, 4.69) is 48.1 Å². The minimum Gasteiger partial charge on any atom is -0.337 e. The maximum Gasteiger partial charge on any atom is 0.138 e. The second-order valence-electron chi connectivity index (χ2n) is 6.20. The van der Waals surface area contributed by atoms with Gasteiger partial charge in [-0.15, -0.1) is 0 Å². The molecule has 0 spiro atoms. The topological polar surface area (TPSA) is 55.6 Å². The molecule has 0 aliphatic rings. The van der Waals surface area contributed by atoms with E-state index in [9.17, 15) is 0 Å². The fraction of sp³-hybridized carbons (Fsp3) is 0.533. The molecule has 0 atom stereocenters. The molecule has 2 aromatic rings. The zero-order chi connectivity index (χ0) is 15.8. The van der Waals surface area contributed by atoms with Crippen molar-refractivity contribution in [3.8, 4) is 0 Å². The fourth-order valence-corrected chi connectivity index (χ4v) is 2.14. The second kappa shape index (κ2) is 5.64. The molecule has 0 saturated heterocycles. The Balaban J connectivity index is 2.46. The van der Waals surface area contributed by atoms with Crippen molar-refractivity contribution in [3.05, 3.63) is 28.4 Å². The Hall–Kier alpha value is -1.62. The van der Waals surface area contributed by atoms with Gasteiger partial charge in [0.25, 0.3) is 0 Å². The summed E-state index contributed by atoms with van der Waals surface area (Å²) in [6.07, 6.45) is 2.80. The monoisotopic (exact) mass is 307 g/mol. The van der Waals surface area contributed by atoms with Gasteiger partial charge in [-0.2, -0.15) is 5.10 Å². The second-order valence-corrected chi connectivity index (χ2v) is 6.56. The zero-order valence-corrected chi connectivity index (χ0v) is 14.2. The molecular weight excluding hydrogens is 286 g/mol. The summed E-state index contributed by atoms with van der Waals surface area (Å²) in [5.41, 5.74) is 2.65. The number of nitrogens with zero attached hydrogens (tertiary/aromatic N) is 4. The minimum absolute atomic E-state index is 0.156. The summed E-state index contributed by atoms with van der Waals surface area (Å²) in [7, 11) is 1.91. The van der Waals surface area contributed by atoms with E-state index < -0.39 is 0 Å². The molecule has 5 nitrogen and oxygen atoms in total. The average Bonchev–Trinajstić information content (AvgIpc) is 2.73. The summed E-state index contributed by atoms with van der Waals surface area (Å²) in [5, 5.41) is 8.26. The van der Waals surface area contributed by atoms with Crippen LogP contribution in [0.3, 0.4) is 0 Å². The van der Waals surface area contributed by atoms with Crippen LogP contribution in [0.1, 0.15) is 44.8 Å². The number of aryl methyl sites for hydroxylation is 2. The van der Waals surface area contributed by atoms with E-state index in [1.54, 1.807) is 4.68 Å². The van der Waals surface area contributed by atoms with Gasteiger partial charge < -0.3 is 5.32 Å². The number of aromatic nitrogens is 4. The highest BCUT2D eigenvalue weighted by atomic mass is 35.5. The molecule has 2 aromatic heterocycles. The van der Waals surface area contributed by atoms with Crippen LogP contribution >= 0.6 is 11.6 Å². The lowest BCUT2D eigenvalue weighted by Crippen LogP contribution is -2.17. The van der Waals surface area contributed by atoms with Crippen LogP contribution in [-0.2, 0) is 18.9 Å². The molecule has 2 heterocycles. The van der Waals surface area contributed by atoms with Crippen LogP contribution in [0.4, 0.5) is 11.5 Å². The summed E-state index contributed by atoms with van der Waals surface area (Å²) in [6, 6.07) is 0. The van der Waals surface area contributed by atoms with E-state index in [0.29, 0.717) is 5.15 Å². The highest BCUT2D eigenvalue weighted by molar-refractivity contribution is 6.30. The van der Waals surface area contributed by atoms with Gasteiger partial charge in [0, 0.05) is 24.2 Å². The summed E-state index contributed by atoms with van der Waals surface area (Å²) >= 11 is 6.26.